The van der Waals surface area contributed by atoms with E-state index < -0.39 is 11.7 Å². The number of aryl methyl sites for hydroxylation is 1. The summed E-state index contributed by atoms with van der Waals surface area (Å²) in [6, 6.07) is 19.5. The van der Waals surface area contributed by atoms with E-state index in [-0.39, 0.29) is 24.6 Å². The number of amides is 1. The molecule has 0 saturated carbocycles. The van der Waals surface area contributed by atoms with E-state index in [0.717, 1.165) is 40.5 Å². The Morgan fingerprint density at radius 3 is 2.46 bits per heavy atom. The molecular weight excluding hydrogens is 551 g/mol. The standard InChI is InChI=1S/C30H28F3N5O2S/c1-18-15-24(19(2)37(18)23-8-6-7-20(16-23)30(31,32)33)28-27(25-9-4-5-14-34-25)36-29(41)38(28)22-12-10-21(11-13-22)35-26(39)17-40-3/h4-16,27-28H,17H2,1-3H3,(H,35,39)(H,36,41)/t27-,28+/m1/s1. The van der Waals surface area contributed by atoms with Crippen LogP contribution in [0.4, 0.5) is 24.5 Å². The van der Waals surface area contributed by atoms with Gasteiger partial charge in [0, 0.05) is 41.8 Å². The number of nitrogens with zero attached hydrogens (tertiary/aromatic N) is 3. The Balaban J connectivity index is 1.59. The first-order chi connectivity index (χ1) is 19.6. The molecule has 4 aromatic rings. The summed E-state index contributed by atoms with van der Waals surface area (Å²) in [5, 5.41) is 6.66. The lowest BCUT2D eigenvalue weighted by Crippen LogP contribution is -2.29. The summed E-state index contributed by atoms with van der Waals surface area (Å²) in [5.74, 6) is -0.270. The van der Waals surface area contributed by atoms with E-state index in [9.17, 15) is 18.0 Å². The van der Waals surface area contributed by atoms with Crippen LogP contribution in [0.3, 0.4) is 0 Å². The summed E-state index contributed by atoms with van der Waals surface area (Å²) < 4.78 is 47.3. The van der Waals surface area contributed by atoms with Crippen molar-refractivity contribution in [3.8, 4) is 5.69 Å². The number of rotatable bonds is 7. The van der Waals surface area contributed by atoms with Crippen molar-refractivity contribution >= 4 is 34.6 Å². The number of hydrogen-bond donors (Lipinski definition) is 2. The number of anilines is 2. The molecular formula is C30H28F3N5O2S. The average molecular weight is 580 g/mol. The Bertz CT molecular complexity index is 1570. The second-order valence-corrected chi connectivity index (χ2v) is 10.1. The third-order valence-electron chi connectivity index (χ3n) is 7.02. The van der Waals surface area contributed by atoms with Crippen molar-refractivity contribution in [1.82, 2.24) is 14.9 Å². The minimum absolute atomic E-state index is 0.0583. The van der Waals surface area contributed by atoms with Gasteiger partial charge in [-0.3, -0.25) is 9.78 Å². The van der Waals surface area contributed by atoms with Crippen LogP contribution in [0.25, 0.3) is 5.69 Å². The number of thiocarbonyl (C=S) groups is 1. The molecule has 41 heavy (non-hydrogen) atoms. The first-order valence-electron chi connectivity index (χ1n) is 12.8. The molecule has 11 heteroatoms. The molecule has 2 aromatic carbocycles. The van der Waals surface area contributed by atoms with Gasteiger partial charge in [-0.05, 0) is 92.3 Å². The van der Waals surface area contributed by atoms with Gasteiger partial charge < -0.3 is 24.8 Å². The fraction of sp³-hybridized carbons (Fsp3) is 0.233. The van der Waals surface area contributed by atoms with Crippen LogP contribution in [0.1, 0.15) is 40.3 Å². The van der Waals surface area contributed by atoms with Crippen LogP contribution >= 0.6 is 12.2 Å². The van der Waals surface area contributed by atoms with Crippen LogP contribution in [-0.2, 0) is 15.7 Å². The summed E-state index contributed by atoms with van der Waals surface area (Å²) in [5.41, 5.74) is 4.33. The van der Waals surface area contributed by atoms with Crippen molar-refractivity contribution in [1.29, 1.82) is 0 Å². The number of nitrogens with one attached hydrogen (secondary N) is 2. The summed E-state index contributed by atoms with van der Waals surface area (Å²) in [6.07, 6.45) is -2.74. The topological polar surface area (TPSA) is 71.4 Å². The minimum Gasteiger partial charge on any atom is -0.375 e. The van der Waals surface area contributed by atoms with Crippen LogP contribution in [0, 0.1) is 13.8 Å². The van der Waals surface area contributed by atoms with Gasteiger partial charge >= 0.3 is 6.18 Å². The van der Waals surface area contributed by atoms with Gasteiger partial charge in [-0.2, -0.15) is 13.2 Å². The predicted molar refractivity (Wildman–Crippen MR) is 155 cm³/mol. The average Bonchev–Trinajstić information content (AvgIpc) is 3.44. The molecule has 2 atom stereocenters. The second kappa shape index (κ2) is 11.3. The van der Waals surface area contributed by atoms with Gasteiger partial charge in [0.05, 0.1) is 23.3 Å². The molecule has 1 aliphatic heterocycles. The fourth-order valence-electron chi connectivity index (χ4n) is 5.29. The highest BCUT2D eigenvalue weighted by Gasteiger charge is 2.42. The largest absolute Gasteiger partial charge is 0.416 e. The van der Waals surface area contributed by atoms with E-state index in [4.69, 9.17) is 17.0 Å². The molecule has 3 heterocycles. The lowest BCUT2D eigenvalue weighted by molar-refractivity contribution is -0.137. The summed E-state index contributed by atoms with van der Waals surface area (Å²) in [7, 11) is 1.45. The normalized spacial score (nSPS) is 17.0. The molecule has 7 nitrogen and oxygen atoms in total. The van der Waals surface area contributed by atoms with Crippen molar-refractivity contribution in [2.75, 3.05) is 23.9 Å². The number of ether oxygens (including phenoxy) is 1. The number of carbonyl (C=O) groups excluding carboxylic acids is 1. The van der Waals surface area contributed by atoms with Crippen LogP contribution < -0.4 is 15.5 Å². The van der Waals surface area contributed by atoms with Gasteiger partial charge in [0.2, 0.25) is 5.91 Å². The van der Waals surface area contributed by atoms with Gasteiger partial charge in [0.25, 0.3) is 0 Å². The number of pyridine rings is 1. The highest BCUT2D eigenvalue weighted by Crippen LogP contribution is 2.44. The number of aromatic nitrogens is 2. The van der Waals surface area contributed by atoms with Crippen LogP contribution in [0.2, 0.25) is 0 Å². The van der Waals surface area contributed by atoms with Gasteiger partial charge in [0.15, 0.2) is 5.11 Å². The van der Waals surface area contributed by atoms with Crippen molar-refractivity contribution < 1.29 is 22.7 Å². The van der Waals surface area contributed by atoms with E-state index in [1.165, 1.54) is 13.2 Å². The van der Waals surface area contributed by atoms with E-state index in [1.807, 2.05) is 59.7 Å². The Hall–Kier alpha value is -4.22. The molecule has 2 N–H and O–H groups in total. The molecule has 0 spiro atoms. The van der Waals surface area contributed by atoms with E-state index >= 15 is 0 Å². The third kappa shape index (κ3) is 5.68. The summed E-state index contributed by atoms with van der Waals surface area (Å²) in [6.45, 7) is 3.71. The molecule has 2 aromatic heterocycles. The number of benzene rings is 2. The lowest BCUT2D eigenvalue weighted by atomic mass is 9.96. The number of carbonyl (C=O) groups is 1. The summed E-state index contributed by atoms with van der Waals surface area (Å²) in [4.78, 5) is 18.5. The maximum atomic E-state index is 13.5. The lowest BCUT2D eigenvalue weighted by Gasteiger charge is -2.28. The first kappa shape index (κ1) is 28.3. The molecule has 1 fully saturated rings. The molecule has 5 rings (SSSR count). The Labute approximate surface area is 241 Å². The molecule has 0 unspecified atom stereocenters. The minimum atomic E-state index is -4.45. The zero-order valence-corrected chi connectivity index (χ0v) is 23.4. The molecule has 212 valence electrons. The Kier molecular flexibility index (Phi) is 7.83. The molecule has 0 aliphatic carbocycles. The number of alkyl halides is 3. The van der Waals surface area contributed by atoms with Gasteiger partial charge in [-0.15, -0.1) is 0 Å². The smallest absolute Gasteiger partial charge is 0.375 e. The van der Waals surface area contributed by atoms with Crippen molar-refractivity contribution in [3.63, 3.8) is 0 Å². The fourth-order valence-corrected chi connectivity index (χ4v) is 5.63. The van der Waals surface area contributed by atoms with Crippen molar-refractivity contribution in [3.05, 3.63) is 107 Å². The quantitative estimate of drug-likeness (QED) is 0.252. The third-order valence-corrected chi connectivity index (χ3v) is 7.34. The zero-order valence-electron chi connectivity index (χ0n) is 22.6. The SMILES string of the molecule is COCC(=O)Nc1ccc(N2C(=S)N[C@H](c3ccccn3)[C@@H]2c2cc(C)n(-c3cccc(C(F)(F)F)c3)c2C)cc1. The predicted octanol–water partition coefficient (Wildman–Crippen LogP) is 6.27. The number of methoxy groups -OCH3 is 1. The molecule has 1 aliphatic rings. The first-order valence-corrected chi connectivity index (χ1v) is 13.3. The van der Waals surface area contributed by atoms with Gasteiger partial charge in [-0.25, -0.2) is 0 Å². The zero-order chi connectivity index (χ0) is 29.3. The van der Waals surface area contributed by atoms with Gasteiger partial charge in [-0.1, -0.05) is 12.1 Å². The number of hydrogen-bond acceptors (Lipinski definition) is 4. The Morgan fingerprint density at radius 1 is 1.05 bits per heavy atom. The van der Waals surface area contributed by atoms with Crippen molar-refractivity contribution in [2.24, 2.45) is 0 Å². The second-order valence-electron chi connectivity index (χ2n) is 9.73. The van der Waals surface area contributed by atoms with E-state index in [2.05, 4.69) is 15.6 Å². The Morgan fingerprint density at radius 2 is 1.80 bits per heavy atom. The van der Waals surface area contributed by atoms with Gasteiger partial charge in [0.1, 0.15) is 6.61 Å². The highest BCUT2D eigenvalue weighted by atomic mass is 32.1. The van der Waals surface area contributed by atoms with Crippen LogP contribution in [0.15, 0.2) is 79.0 Å². The molecule has 1 amide bonds. The maximum Gasteiger partial charge on any atom is 0.416 e. The highest BCUT2D eigenvalue weighted by molar-refractivity contribution is 7.80. The van der Waals surface area contributed by atoms with E-state index in [0.29, 0.717) is 16.5 Å². The number of halogens is 3. The van der Waals surface area contributed by atoms with Crippen LogP contribution in [-0.4, -0.2) is 34.3 Å². The van der Waals surface area contributed by atoms with Crippen LogP contribution in [0.5, 0.6) is 0 Å². The maximum absolute atomic E-state index is 13.5. The molecule has 0 radical (unpaired) electrons. The van der Waals surface area contributed by atoms with E-state index in [1.54, 1.807) is 24.4 Å². The monoisotopic (exact) mass is 579 g/mol. The molecule has 1 saturated heterocycles. The van der Waals surface area contributed by atoms with Crippen molar-refractivity contribution in [2.45, 2.75) is 32.1 Å². The summed E-state index contributed by atoms with van der Waals surface area (Å²) >= 11 is 5.82. The molecule has 0 bridgehead atoms.